The van der Waals surface area contributed by atoms with Gasteiger partial charge in [-0.25, -0.2) is 9.59 Å². The zero-order valence-corrected chi connectivity index (χ0v) is 12.7. The van der Waals surface area contributed by atoms with Gasteiger partial charge in [-0.3, -0.25) is 0 Å². The molecule has 1 saturated heterocycles. The number of aliphatic carboxylic acids is 1. The second kappa shape index (κ2) is 7.11. The monoisotopic (exact) mass is 298 g/mol. The number of carboxylic acids is 1. The van der Waals surface area contributed by atoms with Crippen molar-refractivity contribution in [3.05, 3.63) is 0 Å². The molecule has 0 radical (unpaired) electrons. The first kappa shape index (κ1) is 16.1. The molecule has 1 saturated carbocycles. The average molecular weight is 298 g/mol. The van der Waals surface area contributed by atoms with Gasteiger partial charge in [0.05, 0.1) is 6.10 Å². The molecule has 6 nitrogen and oxygen atoms in total. The number of nitrogens with one attached hydrogen (secondary N) is 2. The van der Waals surface area contributed by atoms with Crippen molar-refractivity contribution in [2.75, 3.05) is 13.2 Å². The predicted molar refractivity (Wildman–Crippen MR) is 78.1 cm³/mol. The van der Waals surface area contributed by atoms with Crippen molar-refractivity contribution in [1.82, 2.24) is 10.6 Å². The van der Waals surface area contributed by atoms with Crippen molar-refractivity contribution in [2.24, 2.45) is 5.92 Å². The zero-order chi connectivity index (χ0) is 15.3. The lowest BCUT2D eigenvalue weighted by Crippen LogP contribution is -2.59. The van der Waals surface area contributed by atoms with E-state index in [1.807, 2.05) is 6.92 Å². The summed E-state index contributed by atoms with van der Waals surface area (Å²) in [4.78, 5) is 23.6. The Balaban J connectivity index is 1.84. The zero-order valence-electron chi connectivity index (χ0n) is 12.7. The molecule has 1 heterocycles. The summed E-state index contributed by atoms with van der Waals surface area (Å²) in [5.74, 6) is -0.616. The number of urea groups is 1. The van der Waals surface area contributed by atoms with E-state index in [1.165, 1.54) is 0 Å². The van der Waals surface area contributed by atoms with Crippen molar-refractivity contribution in [2.45, 2.75) is 63.5 Å². The molecule has 3 N–H and O–H groups in total. The number of ether oxygens (including phenoxy) is 1. The van der Waals surface area contributed by atoms with Crippen molar-refractivity contribution in [3.63, 3.8) is 0 Å². The molecule has 2 fully saturated rings. The Bertz CT molecular complexity index is 382. The normalized spacial score (nSPS) is 33.2. The Morgan fingerprint density at radius 2 is 2.10 bits per heavy atom. The quantitative estimate of drug-likeness (QED) is 0.739. The third-order valence-electron chi connectivity index (χ3n) is 4.52. The standard InChI is InChI=1S/C15H26N2O4/c1-11-5-4-7-15(9-11,13(18)19)17-14(20)16-10-12-6-2-3-8-21-12/h11-12H,2-10H2,1H3,(H,18,19)(H2,16,17,20). The summed E-state index contributed by atoms with van der Waals surface area (Å²) in [6.07, 6.45) is 6.04. The molecule has 1 aliphatic heterocycles. The largest absolute Gasteiger partial charge is 0.480 e. The molecule has 2 rings (SSSR count). The van der Waals surface area contributed by atoms with Gasteiger partial charge in [-0.1, -0.05) is 19.8 Å². The topological polar surface area (TPSA) is 87.7 Å². The van der Waals surface area contributed by atoms with Gasteiger partial charge < -0.3 is 20.5 Å². The van der Waals surface area contributed by atoms with Crippen LogP contribution in [-0.4, -0.2) is 41.9 Å². The average Bonchev–Trinajstić information content (AvgIpc) is 2.46. The van der Waals surface area contributed by atoms with Gasteiger partial charge in [-0.2, -0.15) is 0 Å². The van der Waals surface area contributed by atoms with Gasteiger partial charge in [0.1, 0.15) is 5.54 Å². The van der Waals surface area contributed by atoms with Crippen LogP contribution in [-0.2, 0) is 9.53 Å². The minimum atomic E-state index is -1.12. The maximum Gasteiger partial charge on any atom is 0.329 e. The van der Waals surface area contributed by atoms with Crippen LogP contribution in [0.3, 0.4) is 0 Å². The molecule has 3 atom stereocenters. The van der Waals surface area contributed by atoms with Gasteiger partial charge in [-0.05, 0) is 38.0 Å². The highest BCUT2D eigenvalue weighted by atomic mass is 16.5. The molecule has 0 aromatic carbocycles. The smallest absolute Gasteiger partial charge is 0.329 e. The van der Waals surface area contributed by atoms with E-state index in [4.69, 9.17) is 4.74 Å². The first-order chi connectivity index (χ1) is 10.0. The van der Waals surface area contributed by atoms with E-state index in [0.29, 0.717) is 25.3 Å². The number of amides is 2. The maximum atomic E-state index is 12.0. The molecule has 0 aromatic heterocycles. The van der Waals surface area contributed by atoms with Crippen molar-refractivity contribution < 1.29 is 19.4 Å². The molecular weight excluding hydrogens is 272 g/mol. The van der Waals surface area contributed by atoms with Crippen LogP contribution >= 0.6 is 0 Å². The second-order valence-corrected chi connectivity index (χ2v) is 6.41. The molecule has 6 heteroatoms. The molecular formula is C15H26N2O4. The minimum Gasteiger partial charge on any atom is -0.480 e. The highest BCUT2D eigenvalue weighted by Gasteiger charge is 2.43. The van der Waals surface area contributed by atoms with Gasteiger partial charge in [0.15, 0.2) is 0 Å². The molecule has 0 bridgehead atoms. The van der Waals surface area contributed by atoms with Crippen molar-refractivity contribution >= 4 is 12.0 Å². The Labute approximate surface area is 125 Å². The summed E-state index contributed by atoms with van der Waals surface area (Å²) in [5, 5.41) is 15.0. The SMILES string of the molecule is CC1CCCC(NC(=O)NCC2CCCCO2)(C(=O)O)C1. The fraction of sp³-hybridized carbons (Fsp3) is 0.867. The molecule has 21 heavy (non-hydrogen) atoms. The molecule has 2 aliphatic rings. The van der Waals surface area contributed by atoms with E-state index in [2.05, 4.69) is 10.6 Å². The van der Waals surface area contributed by atoms with Crippen molar-refractivity contribution in [3.8, 4) is 0 Å². The van der Waals surface area contributed by atoms with Crippen LogP contribution in [0.4, 0.5) is 4.79 Å². The Morgan fingerprint density at radius 1 is 1.29 bits per heavy atom. The number of carboxylic acid groups (broad SMARTS) is 1. The number of carbonyl (C=O) groups excluding carboxylic acids is 1. The molecule has 120 valence electrons. The van der Waals surface area contributed by atoms with E-state index in [1.54, 1.807) is 0 Å². The van der Waals surface area contributed by atoms with Gasteiger partial charge in [0, 0.05) is 13.2 Å². The fourth-order valence-electron chi connectivity index (χ4n) is 3.35. The summed E-state index contributed by atoms with van der Waals surface area (Å²) in [5.41, 5.74) is -1.12. The first-order valence-corrected chi connectivity index (χ1v) is 7.93. The van der Waals surface area contributed by atoms with E-state index in [0.717, 1.165) is 38.7 Å². The van der Waals surface area contributed by atoms with E-state index in [-0.39, 0.29) is 6.10 Å². The third kappa shape index (κ3) is 4.33. The molecule has 2 amide bonds. The van der Waals surface area contributed by atoms with Crippen LogP contribution in [0.15, 0.2) is 0 Å². The predicted octanol–water partition coefficient (Wildman–Crippen LogP) is 1.89. The molecule has 1 aliphatic carbocycles. The third-order valence-corrected chi connectivity index (χ3v) is 4.52. The van der Waals surface area contributed by atoms with Gasteiger partial charge in [0.2, 0.25) is 0 Å². The summed E-state index contributed by atoms with van der Waals surface area (Å²) in [7, 11) is 0. The highest BCUT2D eigenvalue weighted by molar-refractivity contribution is 5.86. The molecule has 0 spiro atoms. The van der Waals surface area contributed by atoms with E-state index < -0.39 is 17.5 Å². The molecule has 0 aromatic rings. The summed E-state index contributed by atoms with van der Waals surface area (Å²) >= 11 is 0. The van der Waals surface area contributed by atoms with Crippen LogP contribution in [0.5, 0.6) is 0 Å². The van der Waals surface area contributed by atoms with Crippen molar-refractivity contribution in [1.29, 1.82) is 0 Å². The Hall–Kier alpha value is -1.30. The van der Waals surface area contributed by atoms with E-state index in [9.17, 15) is 14.7 Å². The van der Waals surface area contributed by atoms with Gasteiger partial charge in [0.25, 0.3) is 0 Å². The number of rotatable bonds is 4. The lowest BCUT2D eigenvalue weighted by Gasteiger charge is -2.37. The lowest BCUT2D eigenvalue weighted by atomic mass is 9.76. The first-order valence-electron chi connectivity index (χ1n) is 7.93. The second-order valence-electron chi connectivity index (χ2n) is 6.41. The highest BCUT2D eigenvalue weighted by Crippen LogP contribution is 2.32. The number of carbonyl (C=O) groups is 2. The Morgan fingerprint density at radius 3 is 2.71 bits per heavy atom. The lowest BCUT2D eigenvalue weighted by molar-refractivity contribution is -0.146. The summed E-state index contributed by atoms with van der Waals surface area (Å²) in [6, 6.07) is -0.402. The maximum absolute atomic E-state index is 12.0. The van der Waals surface area contributed by atoms with Gasteiger partial charge >= 0.3 is 12.0 Å². The van der Waals surface area contributed by atoms with E-state index >= 15 is 0 Å². The summed E-state index contributed by atoms with van der Waals surface area (Å²) < 4.78 is 5.55. The minimum absolute atomic E-state index is 0.0514. The molecule has 3 unspecified atom stereocenters. The van der Waals surface area contributed by atoms with Crippen LogP contribution in [0.25, 0.3) is 0 Å². The number of hydrogen-bond acceptors (Lipinski definition) is 3. The Kier molecular flexibility index (Phi) is 5.45. The summed E-state index contributed by atoms with van der Waals surface area (Å²) in [6.45, 7) is 3.22. The fourth-order valence-corrected chi connectivity index (χ4v) is 3.35. The number of hydrogen-bond donors (Lipinski definition) is 3. The van der Waals surface area contributed by atoms with Crippen LogP contribution in [0.2, 0.25) is 0 Å². The van der Waals surface area contributed by atoms with Gasteiger partial charge in [-0.15, -0.1) is 0 Å². The van der Waals surface area contributed by atoms with Crippen LogP contribution in [0, 0.1) is 5.92 Å². The van der Waals surface area contributed by atoms with Crippen LogP contribution in [0.1, 0.15) is 51.9 Å². The van der Waals surface area contributed by atoms with Crippen LogP contribution < -0.4 is 10.6 Å².